The molecular formula is C24H25NO6. The van der Waals surface area contributed by atoms with E-state index in [1.165, 1.54) is 11.0 Å². The fourth-order valence-electron chi connectivity index (χ4n) is 3.20. The zero-order valence-electron chi connectivity index (χ0n) is 18.1. The Bertz CT molecular complexity index is 1180. The van der Waals surface area contributed by atoms with Gasteiger partial charge in [0, 0.05) is 31.1 Å². The minimum atomic E-state index is -0.668. The first-order valence-corrected chi connectivity index (χ1v) is 9.86. The minimum absolute atomic E-state index is 0.309. The molecule has 2 aromatic carbocycles. The number of aryl methyl sites for hydroxylation is 3. The van der Waals surface area contributed by atoms with E-state index in [1.807, 2.05) is 32.9 Å². The summed E-state index contributed by atoms with van der Waals surface area (Å²) in [5, 5.41) is 0.784. The molecule has 0 bridgehead atoms. The van der Waals surface area contributed by atoms with E-state index in [0.29, 0.717) is 17.9 Å². The molecular weight excluding hydrogens is 398 g/mol. The summed E-state index contributed by atoms with van der Waals surface area (Å²) < 4.78 is 15.6. The van der Waals surface area contributed by atoms with Crippen LogP contribution in [0.4, 0.5) is 0 Å². The summed E-state index contributed by atoms with van der Waals surface area (Å²) in [5.74, 6) is -0.619. The second-order valence-electron chi connectivity index (χ2n) is 7.54. The van der Waals surface area contributed by atoms with E-state index in [2.05, 4.69) is 6.07 Å². The van der Waals surface area contributed by atoms with Crippen molar-refractivity contribution in [1.82, 2.24) is 4.90 Å². The third kappa shape index (κ3) is 5.72. The van der Waals surface area contributed by atoms with Gasteiger partial charge < -0.3 is 18.8 Å². The summed E-state index contributed by atoms with van der Waals surface area (Å²) >= 11 is 0. The van der Waals surface area contributed by atoms with Crippen molar-refractivity contribution in [3.63, 3.8) is 0 Å². The third-order valence-electron chi connectivity index (χ3n) is 4.97. The smallest absolute Gasteiger partial charge is 0.344 e. The third-order valence-corrected chi connectivity index (χ3v) is 4.97. The molecule has 1 aromatic heterocycles. The molecule has 3 aromatic rings. The lowest BCUT2D eigenvalue weighted by molar-refractivity contribution is -0.153. The lowest BCUT2D eigenvalue weighted by Crippen LogP contribution is -2.31. The molecule has 162 valence electrons. The Morgan fingerprint density at radius 2 is 1.74 bits per heavy atom. The molecule has 1 amide bonds. The molecule has 0 spiro atoms. The zero-order chi connectivity index (χ0) is 22.5. The molecule has 7 nitrogen and oxygen atoms in total. The molecule has 7 heteroatoms. The fraction of sp³-hybridized carbons (Fsp3) is 0.292. The molecule has 0 fully saturated rings. The first-order chi connectivity index (χ1) is 14.7. The van der Waals surface area contributed by atoms with Gasteiger partial charge in [-0.05, 0) is 49.6 Å². The summed E-state index contributed by atoms with van der Waals surface area (Å²) in [6.07, 6.45) is 0. The summed E-state index contributed by atoms with van der Waals surface area (Å²) in [7, 11) is 1.66. The average Bonchev–Trinajstić information content (AvgIpc) is 2.71. The fourth-order valence-corrected chi connectivity index (χ4v) is 3.20. The molecule has 31 heavy (non-hydrogen) atoms. The average molecular weight is 423 g/mol. The Kier molecular flexibility index (Phi) is 6.74. The Hall–Kier alpha value is -3.61. The van der Waals surface area contributed by atoms with E-state index in [0.717, 1.165) is 27.6 Å². The highest BCUT2D eigenvalue weighted by Gasteiger charge is 2.14. The normalized spacial score (nSPS) is 10.7. The Morgan fingerprint density at radius 1 is 0.968 bits per heavy atom. The van der Waals surface area contributed by atoms with Crippen molar-refractivity contribution in [3.05, 3.63) is 75.1 Å². The van der Waals surface area contributed by atoms with Gasteiger partial charge in [-0.25, -0.2) is 9.59 Å². The number of rotatable bonds is 7. The largest absolute Gasteiger partial charge is 0.482 e. The Balaban J connectivity index is 1.50. The highest BCUT2D eigenvalue weighted by molar-refractivity contribution is 5.82. The van der Waals surface area contributed by atoms with E-state index >= 15 is 0 Å². The van der Waals surface area contributed by atoms with Gasteiger partial charge in [0.2, 0.25) is 0 Å². The SMILES string of the molecule is Cc1ccc(CN(C)C(=O)COC(=O)COc2ccc3c(C)cc(=O)oc3c2)c(C)c1. The van der Waals surface area contributed by atoms with Crippen LogP contribution in [0.5, 0.6) is 5.75 Å². The van der Waals surface area contributed by atoms with E-state index in [4.69, 9.17) is 13.9 Å². The molecule has 1 heterocycles. The summed E-state index contributed by atoms with van der Waals surface area (Å²) in [5.41, 5.74) is 4.01. The van der Waals surface area contributed by atoms with Crippen molar-refractivity contribution in [2.45, 2.75) is 27.3 Å². The van der Waals surface area contributed by atoms with Gasteiger partial charge in [-0.2, -0.15) is 0 Å². The van der Waals surface area contributed by atoms with Gasteiger partial charge in [0.05, 0.1) is 0 Å². The number of ether oxygens (including phenoxy) is 2. The van der Waals surface area contributed by atoms with Crippen molar-refractivity contribution in [2.75, 3.05) is 20.3 Å². The van der Waals surface area contributed by atoms with Crippen LogP contribution in [0.25, 0.3) is 11.0 Å². The van der Waals surface area contributed by atoms with Crippen LogP contribution < -0.4 is 10.4 Å². The zero-order valence-corrected chi connectivity index (χ0v) is 18.1. The number of likely N-dealkylation sites (N-methyl/N-ethyl adjacent to an activating group) is 1. The van der Waals surface area contributed by atoms with Crippen LogP contribution in [0.2, 0.25) is 0 Å². The number of benzene rings is 2. The molecule has 0 saturated carbocycles. The number of amides is 1. The number of carbonyl (C=O) groups excluding carboxylic acids is 2. The van der Waals surface area contributed by atoms with Gasteiger partial charge >= 0.3 is 11.6 Å². The molecule has 0 aliphatic carbocycles. The first kappa shape index (κ1) is 22.1. The Morgan fingerprint density at radius 3 is 2.48 bits per heavy atom. The van der Waals surface area contributed by atoms with Crippen LogP contribution in [-0.4, -0.2) is 37.0 Å². The van der Waals surface area contributed by atoms with Gasteiger partial charge in [0.15, 0.2) is 13.2 Å². The molecule has 0 saturated heterocycles. The summed E-state index contributed by atoms with van der Waals surface area (Å²) in [6.45, 7) is 5.52. The minimum Gasteiger partial charge on any atom is -0.482 e. The molecule has 0 radical (unpaired) electrons. The molecule has 0 unspecified atom stereocenters. The van der Waals surface area contributed by atoms with Crippen LogP contribution >= 0.6 is 0 Å². The number of hydrogen-bond donors (Lipinski definition) is 0. The van der Waals surface area contributed by atoms with Crippen LogP contribution in [0.1, 0.15) is 22.3 Å². The molecule has 0 N–H and O–H groups in total. The summed E-state index contributed by atoms with van der Waals surface area (Å²) in [6, 6.07) is 12.4. The van der Waals surface area contributed by atoms with Crippen molar-refractivity contribution in [2.24, 2.45) is 0 Å². The number of hydrogen-bond acceptors (Lipinski definition) is 6. The first-order valence-electron chi connectivity index (χ1n) is 9.86. The second-order valence-corrected chi connectivity index (χ2v) is 7.54. The number of fused-ring (bicyclic) bond motifs is 1. The quantitative estimate of drug-likeness (QED) is 0.428. The van der Waals surface area contributed by atoms with Gasteiger partial charge in [-0.3, -0.25) is 4.79 Å². The van der Waals surface area contributed by atoms with E-state index < -0.39 is 11.6 Å². The van der Waals surface area contributed by atoms with Crippen molar-refractivity contribution < 1.29 is 23.5 Å². The van der Waals surface area contributed by atoms with Crippen LogP contribution in [-0.2, 0) is 20.9 Å². The number of carbonyl (C=O) groups is 2. The number of esters is 1. The van der Waals surface area contributed by atoms with Crippen LogP contribution in [0.15, 0.2) is 51.7 Å². The molecule has 0 atom stereocenters. The highest BCUT2D eigenvalue weighted by atomic mass is 16.6. The van der Waals surface area contributed by atoms with Crippen molar-refractivity contribution in [1.29, 1.82) is 0 Å². The molecule has 0 aliphatic rings. The second kappa shape index (κ2) is 9.47. The van der Waals surface area contributed by atoms with Gasteiger partial charge in [0.25, 0.3) is 5.91 Å². The van der Waals surface area contributed by atoms with Crippen molar-refractivity contribution in [3.8, 4) is 5.75 Å². The highest BCUT2D eigenvalue weighted by Crippen LogP contribution is 2.22. The van der Waals surface area contributed by atoms with E-state index in [-0.39, 0.29) is 19.1 Å². The van der Waals surface area contributed by atoms with E-state index in [9.17, 15) is 14.4 Å². The maximum Gasteiger partial charge on any atom is 0.344 e. The molecule has 3 rings (SSSR count). The van der Waals surface area contributed by atoms with E-state index in [1.54, 1.807) is 25.2 Å². The predicted molar refractivity (Wildman–Crippen MR) is 116 cm³/mol. The maximum atomic E-state index is 12.3. The number of nitrogens with zero attached hydrogens (tertiary/aromatic N) is 1. The van der Waals surface area contributed by atoms with Gasteiger partial charge in [-0.1, -0.05) is 23.8 Å². The van der Waals surface area contributed by atoms with Gasteiger partial charge in [-0.15, -0.1) is 0 Å². The maximum absolute atomic E-state index is 12.3. The topological polar surface area (TPSA) is 86.0 Å². The standard InChI is InChI=1S/C24H25NO6/c1-15-5-6-18(16(2)9-15)12-25(4)22(26)13-30-24(28)14-29-19-7-8-20-17(3)10-23(27)31-21(20)11-19/h5-11H,12-14H2,1-4H3. The Labute approximate surface area is 180 Å². The van der Waals surface area contributed by atoms with Gasteiger partial charge in [0.1, 0.15) is 11.3 Å². The van der Waals surface area contributed by atoms with Crippen molar-refractivity contribution >= 4 is 22.8 Å². The lowest BCUT2D eigenvalue weighted by atomic mass is 10.1. The van der Waals surface area contributed by atoms with Crippen LogP contribution in [0.3, 0.4) is 0 Å². The lowest BCUT2D eigenvalue weighted by Gasteiger charge is -2.18. The molecule has 0 aliphatic heterocycles. The van der Waals surface area contributed by atoms with Crippen LogP contribution in [0, 0.1) is 20.8 Å². The monoisotopic (exact) mass is 423 g/mol. The summed E-state index contributed by atoms with van der Waals surface area (Å²) in [4.78, 5) is 37.3. The predicted octanol–water partition coefficient (Wildman–Crippen LogP) is 3.30.